The number of rotatable bonds is 32. The van der Waals surface area contributed by atoms with Crippen LogP contribution in [0.4, 0.5) is 0 Å². The van der Waals surface area contributed by atoms with E-state index < -0.39 is 0 Å². The second kappa shape index (κ2) is 33.5. The lowest BCUT2D eigenvalue weighted by Crippen LogP contribution is -2.28. The highest BCUT2D eigenvalue weighted by molar-refractivity contribution is 6.30. The van der Waals surface area contributed by atoms with Gasteiger partial charge in [-0.25, -0.2) is 0 Å². The highest BCUT2D eigenvalue weighted by atomic mass is 16.6. The van der Waals surface area contributed by atoms with Crippen LogP contribution in [-0.4, -0.2) is 143 Å². The number of nitrogens with zero attached hydrogens (tertiary/aromatic N) is 2. The van der Waals surface area contributed by atoms with Crippen LogP contribution in [0.15, 0.2) is 10.1 Å². The fourth-order valence-electron chi connectivity index (χ4n) is 2.83. The van der Waals surface area contributed by atoms with Gasteiger partial charge in [-0.05, 0) is 6.42 Å². The van der Waals surface area contributed by atoms with Gasteiger partial charge in [0.05, 0.1) is 118 Å². The molecule has 0 saturated heterocycles. The maximum Gasteiger partial charge on any atom is 0.222 e. The Morgan fingerprint density at radius 3 is 1.57 bits per heavy atom. The predicted molar refractivity (Wildman–Crippen MR) is 153 cm³/mol. The van der Waals surface area contributed by atoms with Gasteiger partial charge < -0.3 is 54.8 Å². The summed E-state index contributed by atoms with van der Waals surface area (Å²) in [5.41, 5.74) is 6.11. The second-order valence-electron chi connectivity index (χ2n) is 8.19. The molecule has 14 heteroatoms. The minimum absolute atomic E-state index is 0.0739. The molecule has 0 aliphatic carbocycles. The van der Waals surface area contributed by atoms with Crippen LogP contribution in [0.2, 0.25) is 0 Å². The van der Waals surface area contributed by atoms with Crippen LogP contribution < -0.4 is 16.9 Å². The third-order valence-electron chi connectivity index (χ3n) is 4.81. The monoisotopic (exact) mass is 579 g/mol. The quantitative estimate of drug-likeness (QED) is 0.0415. The molecule has 0 unspecified atom stereocenters. The van der Waals surface area contributed by atoms with Crippen molar-refractivity contribution in [1.29, 1.82) is 0 Å². The third-order valence-corrected chi connectivity index (χ3v) is 4.81. The van der Waals surface area contributed by atoms with Crippen molar-refractivity contribution in [1.82, 2.24) is 5.32 Å². The van der Waals surface area contributed by atoms with Crippen molar-refractivity contribution in [2.75, 3.05) is 125 Å². The lowest BCUT2D eigenvalue weighted by atomic mass is 10.2. The Bertz CT molecular complexity index is 601. The molecule has 0 radical (unpaired) electrons. The molecule has 40 heavy (non-hydrogen) atoms. The molecule has 0 aromatic carbocycles. The molecule has 0 aromatic rings. The summed E-state index contributed by atoms with van der Waals surface area (Å²) >= 11 is 0. The molecule has 0 aliphatic rings. The number of aliphatic imine (C=N–C) groups is 1. The summed E-state index contributed by atoms with van der Waals surface area (Å²) in [6.07, 6.45) is 3.81. The standard InChI is InChI=1S/C26H53N5O9/c1-2-3-25(31-28)24-29-6-10-35-14-16-37-18-20-39-22-23-40-21-19-38-17-15-36-11-7-30-26(32)4-8-33-12-13-34-9-5-27/h24H,2-23,27-28H2,1H3,(H,30,32)/b29-24?,31-25-. The van der Waals surface area contributed by atoms with Gasteiger partial charge in [-0.2, -0.15) is 5.10 Å². The van der Waals surface area contributed by atoms with Gasteiger partial charge in [0.1, 0.15) is 0 Å². The Balaban J connectivity index is 3.19. The first kappa shape index (κ1) is 38.2. The van der Waals surface area contributed by atoms with E-state index in [1.54, 1.807) is 6.21 Å². The first-order valence-corrected chi connectivity index (χ1v) is 14.1. The van der Waals surface area contributed by atoms with Gasteiger partial charge in [0.2, 0.25) is 5.91 Å². The van der Waals surface area contributed by atoms with Gasteiger partial charge in [-0.15, -0.1) is 0 Å². The summed E-state index contributed by atoms with van der Waals surface area (Å²) in [5, 5.41) is 6.45. The van der Waals surface area contributed by atoms with Crippen LogP contribution in [0.1, 0.15) is 26.2 Å². The Kier molecular flexibility index (Phi) is 32.0. The molecule has 14 nitrogen and oxygen atoms in total. The number of carbonyl (C=O) groups is 1. The zero-order chi connectivity index (χ0) is 29.2. The minimum atomic E-state index is -0.0739. The van der Waals surface area contributed by atoms with Gasteiger partial charge >= 0.3 is 0 Å². The van der Waals surface area contributed by atoms with Crippen LogP contribution in [0.25, 0.3) is 0 Å². The normalized spacial score (nSPS) is 12.0. The maximum atomic E-state index is 11.7. The van der Waals surface area contributed by atoms with Gasteiger partial charge in [0, 0.05) is 25.7 Å². The van der Waals surface area contributed by atoms with E-state index in [4.69, 9.17) is 49.5 Å². The van der Waals surface area contributed by atoms with Crippen molar-refractivity contribution in [2.45, 2.75) is 26.2 Å². The SMILES string of the molecule is CCC/C(C=NCCOCCOCCOCCOCCOCCOCCNC(=O)CCOCCOCCN)=N/N. The van der Waals surface area contributed by atoms with Crippen LogP contribution in [0, 0.1) is 0 Å². The van der Waals surface area contributed by atoms with E-state index >= 15 is 0 Å². The number of carbonyl (C=O) groups excluding carboxylic acids is 1. The smallest absolute Gasteiger partial charge is 0.222 e. The van der Waals surface area contributed by atoms with E-state index in [9.17, 15) is 4.79 Å². The molecule has 236 valence electrons. The summed E-state index contributed by atoms with van der Waals surface area (Å²) in [5.74, 6) is 5.21. The molecule has 0 heterocycles. The summed E-state index contributed by atoms with van der Waals surface area (Å²) < 4.78 is 43.1. The first-order chi connectivity index (χ1) is 19.7. The summed E-state index contributed by atoms with van der Waals surface area (Å²) in [7, 11) is 0. The van der Waals surface area contributed by atoms with Crippen molar-refractivity contribution in [3.05, 3.63) is 0 Å². The van der Waals surface area contributed by atoms with Crippen LogP contribution in [0.3, 0.4) is 0 Å². The molecule has 1 amide bonds. The van der Waals surface area contributed by atoms with E-state index in [1.807, 2.05) is 0 Å². The first-order valence-electron chi connectivity index (χ1n) is 14.1. The third kappa shape index (κ3) is 30.8. The number of hydrazone groups is 1. The average Bonchev–Trinajstić information content (AvgIpc) is 2.96. The molecule has 0 aromatic heterocycles. The number of hydrogen-bond donors (Lipinski definition) is 3. The summed E-state index contributed by atoms with van der Waals surface area (Å²) in [6.45, 7) is 11.2. The number of ether oxygens (including phenoxy) is 8. The van der Waals surface area contributed by atoms with Crippen molar-refractivity contribution in [3.8, 4) is 0 Å². The molecule has 0 aliphatic heterocycles. The average molecular weight is 580 g/mol. The number of nitrogens with two attached hydrogens (primary N) is 2. The van der Waals surface area contributed by atoms with Crippen LogP contribution in [-0.2, 0) is 42.7 Å². The van der Waals surface area contributed by atoms with Gasteiger partial charge in [0.25, 0.3) is 0 Å². The highest BCUT2D eigenvalue weighted by Crippen LogP contribution is 1.89. The van der Waals surface area contributed by atoms with E-state index in [-0.39, 0.29) is 5.91 Å². The molecule has 0 spiro atoms. The molecular formula is C26H53N5O9. The molecule has 5 N–H and O–H groups in total. The second-order valence-corrected chi connectivity index (χ2v) is 8.19. The fraction of sp³-hybridized carbons (Fsp3) is 0.885. The lowest BCUT2D eigenvalue weighted by molar-refractivity contribution is -0.122. The van der Waals surface area contributed by atoms with Crippen LogP contribution >= 0.6 is 0 Å². The Hall–Kier alpha value is -1.75. The van der Waals surface area contributed by atoms with Gasteiger partial charge in [-0.1, -0.05) is 13.3 Å². The van der Waals surface area contributed by atoms with Crippen molar-refractivity contribution >= 4 is 17.8 Å². The molecular weight excluding hydrogens is 526 g/mol. The predicted octanol–water partition coefficient (Wildman–Crippen LogP) is -0.230. The van der Waals surface area contributed by atoms with Gasteiger partial charge in [0.15, 0.2) is 0 Å². The Morgan fingerprint density at radius 2 is 1.10 bits per heavy atom. The molecule has 0 saturated carbocycles. The van der Waals surface area contributed by atoms with Crippen molar-refractivity contribution in [2.24, 2.45) is 21.7 Å². The molecule has 0 bridgehead atoms. The van der Waals surface area contributed by atoms with E-state index in [1.165, 1.54) is 0 Å². The fourth-order valence-corrected chi connectivity index (χ4v) is 2.83. The zero-order valence-electron chi connectivity index (χ0n) is 24.4. The summed E-state index contributed by atoms with van der Waals surface area (Å²) in [6, 6.07) is 0. The van der Waals surface area contributed by atoms with E-state index in [0.29, 0.717) is 132 Å². The topological polar surface area (TPSA) is 180 Å². The molecule has 0 fully saturated rings. The van der Waals surface area contributed by atoms with Crippen LogP contribution in [0.5, 0.6) is 0 Å². The Morgan fingerprint density at radius 1 is 0.650 bits per heavy atom. The Labute approximate surface area is 239 Å². The van der Waals surface area contributed by atoms with E-state index in [0.717, 1.165) is 18.6 Å². The number of nitrogens with one attached hydrogen (secondary N) is 1. The van der Waals surface area contributed by atoms with Crippen molar-refractivity contribution < 1.29 is 42.7 Å². The zero-order valence-corrected chi connectivity index (χ0v) is 24.4. The number of hydrogen-bond acceptors (Lipinski definition) is 13. The highest BCUT2D eigenvalue weighted by Gasteiger charge is 2.01. The minimum Gasteiger partial charge on any atom is -0.379 e. The van der Waals surface area contributed by atoms with Gasteiger partial charge in [-0.3, -0.25) is 9.79 Å². The number of amides is 1. The van der Waals surface area contributed by atoms with Crippen molar-refractivity contribution in [3.63, 3.8) is 0 Å². The largest absolute Gasteiger partial charge is 0.379 e. The maximum absolute atomic E-state index is 11.7. The lowest BCUT2D eigenvalue weighted by Gasteiger charge is -2.09. The summed E-state index contributed by atoms with van der Waals surface area (Å²) in [4.78, 5) is 15.9. The molecule has 0 rings (SSSR count). The molecule has 0 atom stereocenters. The van der Waals surface area contributed by atoms with E-state index in [2.05, 4.69) is 22.3 Å².